The second-order valence-corrected chi connectivity index (χ2v) is 9.81. The minimum absolute atomic E-state index is 0.0862. The SMILES string of the molecule is C=CCN1C(=O)[C@@]2(C(C#N)=C(n3cccc3)N(c3ccc(F)c(Cl)c3)C3=C2C(=O)CCC3)c2ccccc21. The van der Waals surface area contributed by atoms with Crippen molar-refractivity contribution in [2.24, 2.45) is 0 Å². The Labute approximate surface area is 224 Å². The van der Waals surface area contributed by atoms with Crippen molar-refractivity contribution in [3.63, 3.8) is 0 Å². The van der Waals surface area contributed by atoms with Crippen molar-refractivity contribution in [1.29, 1.82) is 5.26 Å². The smallest absolute Gasteiger partial charge is 0.248 e. The van der Waals surface area contributed by atoms with Crippen LogP contribution in [0.4, 0.5) is 15.8 Å². The highest BCUT2D eigenvalue weighted by Crippen LogP contribution is 2.58. The van der Waals surface area contributed by atoms with Crippen LogP contribution in [0.3, 0.4) is 0 Å². The lowest BCUT2D eigenvalue weighted by molar-refractivity contribution is -0.124. The molecule has 1 aromatic heterocycles. The van der Waals surface area contributed by atoms with Gasteiger partial charge in [0.15, 0.2) is 5.78 Å². The monoisotopic (exact) mass is 524 g/mol. The van der Waals surface area contributed by atoms with Gasteiger partial charge in [0.2, 0.25) is 5.91 Å². The van der Waals surface area contributed by atoms with E-state index < -0.39 is 11.2 Å². The van der Waals surface area contributed by atoms with Gasteiger partial charge in [-0.2, -0.15) is 5.26 Å². The van der Waals surface area contributed by atoms with Crippen molar-refractivity contribution in [2.75, 3.05) is 16.3 Å². The van der Waals surface area contributed by atoms with Crippen LogP contribution in [0.5, 0.6) is 0 Å². The quantitative estimate of drug-likeness (QED) is 0.394. The molecular formula is C30H22ClFN4O2. The fraction of sp³-hybridized carbons (Fsp3) is 0.167. The van der Waals surface area contributed by atoms with Gasteiger partial charge >= 0.3 is 0 Å². The number of Topliss-reactive ketones (excluding diaryl/α,β-unsaturated/α-hetero) is 1. The van der Waals surface area contributed by atoms with Crippen molar-refractivity contribution in [3.8, 4) is 6.07 Å². The molecule has 0 radical (unpaired) electrons. The van der Waals surface area contributed by atoms with Crippen LogP contribution in [-0.4, -0.2) is 22.8 Å². The predicted molar refractivity (Wildman–Crippen MR) is 144 cm³/mol. The Kier molecular flexibility index (Phi) is 5.59. The summed E-state index contributed by atoms with van der Waals surface area (Å²) in [7, 11) is 0. The minimum atomic E-state index is -1.62. The molecule has 0 saturated carbocycles. The summed E-state index contributed by atoms with van der Waals surface area (Å²) in [5.41, 5.74) is 1.11. The molecule has 3 aliphatic rings. The number of nitrogens with zero attached hydrogens (tertiary/aromatic N) is 4. The van der Waals surface area contributed by atoms with E-state index >= 15 is 0 Å². The Balaban J connectivity index is 1.78. The zero-order valence-corrected chi connectivity index (χ0v) is 21.1. The Hall–Kier alpha value is -4.41. The maximum absolute atomic E-state index is 14.6. The third kappa shape index (κ3) is 3.10. The zero-order valence-electron chi connectivity index (χ0n) is 20.3. The summed E-state index contributed by atoms with van der Waals surface area (Å²) in [5, 5.41) is 10.7. The number of ketones is 1. The van der Waals surface area contributed by atoms with E-state index in [1.54, 1.807) is 38.9 Å². The van der Waals surface area contributed by atoms with Gasteiger partial charge in [0, 0.05) is 53.6 Å². The molecule has 0 unspecified atom stereocenters. The highest BCUT2D eigenvalue weighted by molar-refractivity contribution is 6.31. The lowest BCUT2D eigenvalue weighted by Gasteiger charge is -2.45. The second-order valence-electron chi connectivity index (χ2n) is 9.40. The van der Waals surface area contributed by atoms with Gasteiger partial charge in [-0.3, -0.25) is 14.5 Å². The highest BCUT2D eigenvalue weighted by Gasteiger charge is 2.62. The van der Waals surface area contributed by atoms with Crippen LogP contribution in [0.25, 0.3) is 5.82 Å². The van der Waals surface area contributed by atoms with Crippen LogP contribution in [0, 0.1) is 17.1 Å². The zero-order chi connectivity index (χ0) is 26.6. The summed E-state index contributed by atoms with van der Waals surface area (Å²) in [4.78, 5) is 31.8. The van der Waals surface area contributed by atoms with E-state index in [9.17, 15) is 19.2 Å². The Bertz CT molecular complexity index is 1630. The number of hydrogen-bond acceptors (Lipinski definition) is 4. The molecule has 0 fully saturated rings. The number of carbonyl (C=O) groups excluding carboxylic acids is 2. The van der Waals surface area contributed by atoms with E-state index in [-0.39, 0.29) is 35.3 Å². The van der Waals surface area contributed by atoms with Crippen LogP contribution in [0.2, 0.25) is 5.02 Å². The number of nitriles is 1. The van der Waals surface area contributed by atoms with Crippen LogP contribution < -0.4 is 9.80 Å². The number of halogens is 2. The van der Waals surface area contributed by atoms with Gasteiger partial charge in [0.1, 0.15) is 23.1 Å². The number of rotatable bonds is 4. The summed E-state index contributed by atoms with van der Waals surface area (Å²) in [5.74, 6) is -0.728. The highest BCUT2D eigenvalue weighted by atomic mass is 35.5. The molecule has 6 nitrogen and oxygen atoms in total. The number of allylic oxidation sites excluding steroid dienone is 1. The summed E-state index contributed by atoms with van der Waals surface area (Å²) < 4.78 is 16.0. The molecule has 2 aliphatic heterocycles. The van der Waals surface area contributed by atoms with Crippen LogP contribution in [0.1, 0.15) is 24.8 Å². The van der Waals surface area contributed by atoms with Crippen molar-refractivity contribution in [3.05, 3.63) is 113 Å². The van der Waals surface area contributed by atoms with Gasteiger partial charge in [-0.25, -0.2) is 4.39 Å². The van der Waals surface area contributed by atoms with Crippen LogP contribution in [0.15, 0.2) is 96.5 Å². The molecule has 3 aromatic rings. The molecular weight excluding hydrogens is 503 g/mol. The summed E-state index contributed by atoms with van der Waals surface area (Å²) in [6, 6.07) is 17.6. The summed E-state index contributed by atoms with van der Waals surface area (Å²) >= 11 is 6.20. The fourth-order valence-corrected chi connectivity index (χ4v) is 6.19. The molecule has 1 spiro atoms. The largest absolute Gasteiger partial charge is 0.309 e. The lowest BCUT2D eigenvalue weighted by atomic mass is 9.63. The molecule has 1 aliphatic carbocycles. The van der Waals surface area contributed by atoms with E-state index in [0.29, 0.717) is 46.9 Å². The normalized spacial score (nSPS) is 20.7. The first-order chi connectivity index (χ1) is 18.4. The number of para-hydroxylation sites is 1. The van der Waals surface area contributed by atoms with Crippen molar-refractivity contribution in [2.45, 2.75) is 24.7 Å². The molecule has 0 saturated heterocycles. The Morgan fingerprint density at radius 3 is 2.58 bits per heavy atom. The standard InChI is InChI=1S/C30H22ClFN4O2/c1-2-14-35-24-9-4-3-8-20(24)30(29(35)38)21(18-33)28(34-15-5-6-16-34)36(19-12-13-23(32)22(31)17-19)25-10-7-11-26(37)27(25)30/h2-6,8-9,12-13,15-17H,1,7,10-11,14H2/t30-/m1/s1. The molecule has 1 atom stereocenters. The van der Waals surface area contributed by atoms with E-state index in [1.807, 2.05) is 36.4 Å². The van der Waals surface area contributed by atoms with Gasteiger partial charge in [-0.1, -0.05) is 35.9 Å². The van der Waals surface area contributed by atoms with Crippen molar-refractivity contribution >= 4 is 40.5 Å². The number of hydrogen-bond donors (Lipinski definition) is 0. The molecule has 38 heavy (non-hydrogen) atoms. The van der Waals surface area contributed by atoms with Crippen LogP contribution >= 0.6 is 11.6 Å². The fourth-order valence-electron chi connectivity index (χ4n) is 6.01. The third-order valence-electron chi connectivity index (χ3n) is 7.44. The van der Waals surface area contributed by atoms with Crippen LogP contribution in [-0.2, 0) is 15.0 Å². The first kappa shape index (κ1) is 24.0. The number of fused-ring (bicyclic) bond motifs is 3. The first-order valence-electron chi connectivity index (χ1n) is 12.3. The predicted octanol–water partition coefficient (Wildman–Crippen LogP) is 5.97. The maximum Gasteiger partial charge on any atom is 0.248 e. The molecule has 8 heteroatoms. The first-order valence-corrected chi connectivity index (χ1v) is 12.7. The molecule has 188 valence electrons. The van der Waals surface area contributed by atoms with Gasteiger partial charge in [0.25, 0.3) is 0 Å². The average Bonchev–Trinajstić information content (AvgIpc) is 3.53. The van der Waals surface area contributed by atoms with Crippen molar-refractivity contribution < 1.29 is 14.0 Å². The lowest BCUT2D eigenvalue weighted by Crippen LogP contribution is -2.51. The minimum Gasteiger partial charge on any atom is -0.309 e. The molecule has 1 amide bonds. The number of aromatic nitrogens is 1. The van der Waals surface area contributed by atoms with E-state index in [2.05, 4.69) is 12.6 Å². The number of carbonyl (C=O) groups is 2. The van der Waals surface area contributed by atoms with Gasteiger partial charge < -0.3 is 9.47 Å². The maximum atomic E-state index is 14.6. The molecule has 6 rings (SSSR count). The number of anilines is 2. The molecule has 0 N–H and O–H groups in total. The summed E-state index contributed by atoms with van der Waals surface area (Å²) in [6.07, 6.45) is 6.50. The van der Waals surface area contributed by atoms with Gasteiger partial charge in [0.05, 0.1) is 10.6 Å². The number of amides is 1. The molecule has 2 aromatic carbocycles. The molecule has 3 heterocycles. The Morgan fingerprint density at radius 1 is 1.11 bits per heavy atom. The van der Waals surface area contributed by atoms with Gasteiger partial charge in [-0.15, -0.1) is 6.58 Å². The second kappa shape index (κ2) is 8.86. The topological polar surface area (TPSA) is 69.3 Å². The average molecular weight is 525 g/mol. The van der Waals surface area contributed by atoms with E-state index in [1.165, 1.54) is 12.1 Å². The number of benzene rings is 2. The van der Waals surface area contributed by atoms with E-state index in [4.69, 9.17) is 11.6 Å². The summed E-state index contributed by atoms with van der Waals surface area (Å²) in [6.45, 7) is 4.04. The van der Waals surface area contributed by atoms with Gasteiger partial charge in [-0.05, 0) is 49.2 Å². The van der Waals surface area contributed by atoms with Crippen molar-refractivity contribution in [1.82, 2.24) is 4.57 Å². The third-order valence-corrected chi connectivity index (χ3v) is 7.73. The molecule has 0 bridgehead atoms. The Morgan fingerprint density at radius 2 is 1.87 bits per heavy atom. The van der Waals surface area contributed by atoms with E-state index in [0.717, 1.165) is 0 Å².